The molecule has 1 aliphatic heterocycles. The highest BCUT2D eigenvalue weighted by molar-refractivity contribution is 5.99. The second-order valence-electron chi connectivity index (χ2n) is 7.71. The molecule has 4 rings (SSSR count). The zero-order valence-electron chi connectivity index (χ0n) is 17.5. The number of esters is 1. The number of carbonyl (C=O) groups excluding carboxylic acids is 2. The zero-order chi connectivity index (χ0) is 21.3. The van der Waals surface area contributed by atoms with Gasteiger partial charge in [-0.05, 0) is 44.4 Å². The van der Waals surface area contributed by atoms with E-state index in [0.717, 1.165) is 28.9 Å². The number of para-hydroxylation sites is 1. The summed E-state index contributed by atoms with van der Waals surface area (Å²) in [7, 11) is 0. The molecule has 6 nitrogen and oxygen atoms in total. The first-order valence-corrected chi connectivity index (χ1v) is 10.1. The fourth-order valence-corrected chi connectivity index (χ4v) is 4.12. The van der Waals surface area contributed by atoms with E-state index in [0.29, 0.717) is 17.8 Å². The van der Waals surface area contributed by atoms with Gasteiger partial charge >= 0.3 is 5.97 Å². The fraction of sp³-hybridized carbons (Fsp3) is 0.292. The lowest BCUT2D eigenvalue weighted by Gasteiger charge is -2.22. The van der Waals surface area contributed by atoms with Crippen LogP contribution in [0.2, 0.25) is 0 Å². The van der Waals surface area contributed by atoms with E-state index >= 15 is 0 Å². The standard InChI is InChI=1S/C24H25N3O3/c1-16-13-20-11-7-8-12-21(20)27(16)22(28)15-30-24(29)23-17(2)25-26(18(23)3)14-19-9-5-4-6-10-19/h4-12,16H,13-15H2,1-3H3/t16-/m0/s1. The molecule has 30 heavy (non-hydrogen) atoms. The van der Waals surface area contributed by atoms with Gasteiger partial charge in [0.05, 0.1) is 17.9 Å². The van der Waals surface area contributed by atoms with E-state index in [1.54, 1.807) is 16.5 Å². The highest BCUT2D eigenvalue weighted by Gasteiger charge is 2.31. The van der Waals surface area contributed by atoms with Crippen LogP contribution in [0.4, 0.5) is 5.69 Å². The van der Waals surface area contributed by atoms with Crippen LogP contribution >= 0.6 is 0 Å². The van der Waals surface area contributed by atoms with Gasteiger partial charge in [-0.25, -0.2) is 4.79 Å². The van der Waals surface area contributed by atoms with Gasteiger partial charge in [-0.3, -0.25) is 9.48 Å². The minimum atomic E-state index is -0.516. The van der Waals surface area contributed by atoms with Crippen LogP contribution in [-0.2, 0) is 22.5 Å². The number of aryl methyl sites for hydroxylation is 1. The molecule has 1 amide bonds. The maximum atomic E-state index is 12.8. The van der Waals surface area contributed by atoms with Gasteiger partial charge in [-0.1, -0.05) is 48.5 Å². The van der Waals surface area contributed by atoms with E-state index in [9.17, 15) is 9.59 Å². The minimum Gasteiger partial charge on any atom is -0.452 e. The summed E-state index contributed by atoms with van der Waals surface area (Å²) in [4.78, 5) is 27.3. The van der Waals surface area contributed by atoms with Crippen molar-refractivity contribution in [2.75, 3.05) is 11.5 Å². The molecule has 0 unspecified atom stereocenters. The minimum absolute atomic E-state index is 0.0469. The summed E-state index contributed by atoms with van der Waals surface area (Å²) in [5.74, 6) is -0.731. The van der Waals surface area contributed by atoms with Crippen molar-refractivity contribution < 1.29 is 14.3 Å². The normalized spacial score (nSPS) is 15.2. The molecule has 0 fully saturated rings. The molecule has 6 heteroatoms. The number of anilines is 1. The molecule has 0 bridgehead atoms. The first-order chi connectivity index (χ1) is 14.5. The molecule has 1 aromatic heterocycles. The molecular weight excluding hydrogens is 378 g/mol. The largest absolute Gasteiger partial charge is 0.452 e. The van der Waals surface area contributed by atoms with E-state index in [1.807, 2.05) is 68.4 Å². The number of hydrogen-bond acceptors (Lipinski definition) is 4. The highest BCUT2D eigenvalue weighted by Crippen LogP contribution is 2.31. The van der Waals surface area contributed by atoms with Crippen LogP contribution in [0, 0.1) is 13.8 Å². The van der Waals surface area contributed by atoms with Crippen LogP contribution in [0.25, 0.3) is 0 Å². The third-order valence-corrected chi connectivity index (χ3v) is 5.56. The molecule has 0 saturated heterocycles. The second kappa shape index (κ2) is 8.14. The molecule has 0 N–H and O–H groups in total. The van der Waals surface area contributed by atoms with Crippen LogP contribution in [0.15, 0.2) is 54.6 Å². The predicted octanol–water partition coefficient (Wildman–Crippen LogP) is 3.68. The lowest BCUT2D eigenvalue weighted by atomic mass is 10.1. The fourth-order valence-electron chi connectivity index (χ4n) is 4.12. The number of hydrogen-bond donors (Lipinski definition) is 0. The van der Waals surface area contributed by atoms with Crippen LogP contribution in [0.1, 0.15) is 39.8 Å². The van der Waals surface area contributed by atoms with Gasteiger partial charge in [0.25, 0.3) is 5.91 Å². The molecular formula is C24H25N3O3. The molecule has 1 atom stereocenters. The van der Waals surface area contributed by atoms with Gasteiger partial charge < -0.3 is 9.64 Å². The molecule has 2 heterocycles. The van der Waals surface area contributed by atoms with E-state index in [1.165, 1.54) is 0 Å². The van der Waals surface area contributed by atoms with E-state index in [2.05, 4.69) is 5.10 Å². The van der Waals surface area contributed by atoms with Crippen molar-refractivity contribution in [2.45, 2.75) is 39.8 Å². The van der Waals surface area contributed by atoms with Crippen LogP contribution < -0.4 is 4.90 Å². The first-order valence-electron chi connectivity index (χ1n) is 10.1. The molecule has 0 aliphatic carbocycles. The monoisotopic (exact) mass is 403 g/mol. The third kappa shape index (κ3) is 3.73. The molecule has 154 valence electrons. The molecule has 3 aromatic rings. The van der Waals surface area contributed by atoms with E-state index in [4.69, 9.17) is 4.74 Å². The number of nitrogens with zero attached hydrogens (tertiary/aromatic N) is 3. The van der Waals surface area contributed by atoms with Crippen LogP contribution in [-0.4, -0.2) is 34.3 Å². The number of rotatable bonds is 5. The molecule has 2 aromatic carbocycles. The first kappa shape index (κ1) is 19.9. The number of ether oxygens (including phenoxy) is 1. The highest BCUT2D eigenvalue weighted by atomic mass is 16.5. The van der Waals surface area contributed by atoms with E-state index in [-0.39, 0.29) is 18.6 Å². The Bertz CT molecular complexity index is 1090. The summed E-state index contributed by atoms with van der Waals surface area (Å²) in [6, 6.07) is 17.8. The Kier molecular flexibility index (Phi) is 5.40. The second-order valence-corrected chi connectivity index (χ2v) is 7.71. The number of amides is 1. The summed E-state index contributed by atoms with van der Waals surface area (Å²) in [5.41, 5.74) is 4.88. The summed E-state index contributed by atoms with van der Waals surface area (Å²) in [6.07, 6.45) is 0.806. The third-order valence-electron chi connectivity index (χ3n) is 5.56. The van der Waals surface area contributed by atoms with Gasteiger partial charge in [-0.15, -0.1) is 0 Å². The lowest BCUT2D eigenvalue weighted by Crippen LogP contribution is -2.38. The van der Waals surface area contributed by atoms with Gasteiger partial charge in [0.15, 0.2) is 6.61 Å². The van der Waals surface area contributed by atoms with Gasteiger partial charge in [-0.2, -0.15) is 5.10 Å². The maximum absolute atomic E-state index is 12.8. The Morgan fingerprint density at radius 3 is 2.53 bits per heavy atom. The zero-order valence-corrected chi connectivity index (χ0v) is 17.5. The lowest BCUT2D eigenvalue weighted by molar-refractivity contribution is -0.122. The average molecular weight is 403 g/mol. The van der Waals surface area contributed by atoms with Crippen molar-refractivity contribution in [1.29, 1.82) is 0 Å². The Labute approximate surface area is 176 Å². The summed E-state index contributed by atoms with van der Waals surface area (Å²) in [6.45, 7) is 5.91. The molecule has 1 aliphatic rings. The smallest absolute Gasteiger partial charge is 0.342 e. The van der Waals surface area contributed by atoms with Gasteiger partial charge in [0, 0.05) is 11.7 Å². The van der Waals surface area contributed by atoms with Crippen molar-refractivity contribution in [2.24, 2.45) is 0 Å². The van der Waals surface area contributed by atoms with Crippen molar-refractivity contribution in [3.63, 3.8) is 0 Å². The van der Waals surface area contributed by atoms with Crippen LogP contribution in [0.5, 0.6) is 0 Å². The Morgan fingerprint density at radius 2 is 1.77 bits per heavy atom. The number of benzene rings is 2. The van der Waals surface area contributed by atoms with Crippen molar-refractivity contribution in [1.82, 2.24) is 9.78 Å². The molecule has 0 spiro atoms. The Balaban J connectivity index is 1.45. The van der Waals surface area contributed by atoms with E-state index < -0.39 is 5.97 Å². The SMILES string of the molecule is Cc1nn(Cc2ccccc2)c(C)c1C(=O)OCC(=O)N1c2ccccc2C[C@@H]1C. The van der Waals surface area contributed by atoms with Gasteiger partial charge in [0.1, 0.15) is 5.56 Å². The molecule has 0 radical (unpaired) electrons. The van der Waals surface area contributed by atoms with Crippen molar-refractivity contribution >= 4 is 17.6 Å². The summed E-state index contributed by atoms with van der Waals surface area (Å²) >= 11 is 0. The number of fused-ring (bicyclic) bond motifs is 1. The predicted molar refractivity (Wildman–Crippen MR) is 115 cm³/mol. The average Bonchev–Trinajstić information content (AvgIpc) is 3.21. The van der Waals surface area contributed by atoms with Gasteiger partial charge in [0.2, 0.25) is 0 Å². The van der Waals surface area contributed by atoms with Crippen molar-refractivity contribution in [3.8, 4) is 0 Å². The van der Waals surface area contributed by atoms with Crippen LogP contribution in [0.3, 0.4) is 0 Å². The number of aromatic nitrogens is 2. The topological polar surface area (TPSA) is 64.4 Å². The van der Waals surface area contributed by atoms with Crippen molar-refractivity contribution in [3.05, 3.63) is 82.7 Å². The Hall–Kier alpha value is -3.41. The quantitative estimate of drug-likeness (QED) is 0.610. The maximum Gasteiger partial charge on any atom is 0.342 e. The number of carbonyl (C=O) groups is 2. The molecule has 0 saturated carbocycles. The Morgan fingerprint density at radius 1 is 1.07 bits per heavy atom. The summed E-state index contributed by atoms with van der Waals surface area (Å²) < 4.78 is 7.20. The summed E-state index contributed by atoms with van der Waals surface area (Å²) in [5, 5.41) is 4.49.